The summed E-state index contributed by atoms with van der Waals surface area (Å²) >= 11 is 1.80. The van der Waals surface area contributed by atoms with Crippen molar-refractivity contribution in [1.82, 2.24) is 15.1 Å². The Labute approximate surface area is 173 Å². The van der Waals surface area contributed by atoms with Crippen molar-refractivity contribution in [2.75, 3.05) is 39.3 Å². The van der Waals surface area contributed by atoms with Crippen LogP contribution in [0.1, 0.15) is 42.7 Å². The SMILES string of the molecule is CCN1CCN(C(CNC(=O)CCCCc2cccs2)c2ccccc2)CC1. The van der Waals surface area contributed by atoms with E-state index in [0.717, 1.165) is 52.0 Å². The molecule has 1 aliphatic rings. The molecule has 5 heteroatoms. The van der Waals surface area contributed by atoms with Gasteiger partial charge in [0.15, 0.2) is 0 Å². The van der Waals surface area contributed by atoms with E-state index in [2.05, 4.69) is 69.9 Å². The molecule has 152 valence electrons. The average Bonchev–Trinajstić information content (AvgIpc) is 3.26. The van der Waals surface area contributed by atoms with Crippen LogP contribution in [0.2, 0.25) is 0 Å². The molecule has 1 saturated heterocycles. The maximum atomic E-state index is 12.4. The largest absolute Gasteiger partial charge is 0.354 e. The van der Waals surface area contributed by atoms with Gasteiger partial charge in [0.2, 0.25) is 5.91 Å². The molecular weight excluding hydrogens is 366 g/mol. The summed E-state index contributed by atoms with van der Waals surface area (Å²) in [6, 6.07) is 15.1. The summed E-state index contributed by atoms with van der Waals surface area (Å²) in [6.07, 6.45) is 3.74. The maximum Gasteiger partial charge on any atom is 0.220 e. The van der Waals surface area contributed by atoms with E-state index in [0.29, 0.717) is 13.0 Å². The van der Waals surface area contributed by atoms with Gasteiger partial charge in [-0.25, -0.2) is 0 Å². The highest BCUT2D eigenvalue weighted by molar-refractivity contribution is 7.09. The van der Waals surface area contributed by atoms with Crippen molar-refractivity contribution in [3.63, 3.8) is 0 Å². The van der Waals surface area contributed by atoms with Gasteiger partial charge in [-0.2, -0.15) is 0 Å². The second kappa shape index (κ2) is 11.3. The van der Waals surface area contributed by atoms with Crippen LogP contribution >= 0.6 is 11.3 Å². The summed E-state index contributed by atoms with van der Waals surface area (Å²) in [7, 11) is 0. The number of carbonyl (C=O) groups excluding carboxylic acids is 1. The fourth-order valence-electron chi connectivity index (χ4n) is 3.86. The van der Waals surface area contributed by atoms with Gasteiger partial charge in [-0.05, 0) is 42.8 Å². The number of thiophene rings is 1. The Morgan fingerprint density at radius 1 is 1.07 bits per heavy atom. The molecule has 0 aliphatic carbocycles. The lowest BCUT2D eigenvalue weighted by atomic mass is 10.0. The van der Waals surface area contributed by atoms with Crippen LogP contribution < -0.4 is 5.32 Å². The van der Waals surface area contributed by atoms with Gasteiger partial charge >= 0.3 is 0 Å². The Kier molecular flexibility index (Phi) is 8.52. The Morgan fingerprint density at radius 3 is 2.54 bits per heavy atom. The first-order valence-electron chi connectivity index (χ1n) is 10.6. The highest BCUT2D eigenvalue weighted by atomic mass is 32.1. The van der Waals surface area contributed by atoms with Crippen LogP contribution in [0.25, 0.3) is 0 Å². The quantitative estimate of drug-likeness (QED) is 0.615. The fraction of sp³-hybridized carbons (Fsp3) is 0.522. The number of amides is 1. The first-order valence-corrected chi connectivity index (χ1v) is 11.4. The minimum Gasteiger partial charge on any atom is -0.354 e. The van der Waals surface area contributed by atoms with Crippen molar-refractivity contribution < 1.29 is 4.79 Å². The van der Waals surface area contributed by atoms with Gasteiger partial charge in [0.25, 0.3) is 0 Å². The summed E-state index contributed by atoms with van der Waals surface area (Å²) in [5, 5.41) is 5.32. The smallest absolute Gasteiger partial charge is 0.220 e. The van der Waals surface area contributed by atoms with Gasteiger partial charge in [-0.1, -0.05) is 43.3 Å². The number of benzene rings is 1. The lowest BCUT2D eigenvalue weighted by molar-refractivity contribution is -0.121. The van der Waals surface area contributed by atoms with Crippen LogP contribution in [0.5, 0.6) is 0 Å². The summed E-state index contributed by atoms with van der Waals surface area (Å²) in [6.45, 7) is 8.37. The molecule has 1 unspecified atom stereocenters. The third-order valence-electron chi connectivity index (χ3n) is 5.63. The molecular formula is C23H33N3OS. The summed E-state index contributed by atoms with van der Waals surface area (Å²) in [5.74, 6) is 0.180. The molecule has 2 aromatic rings. The Bertz CT molecular complexity index is 681. The Hall–Kier alpha value is -1.69. The number of hydrogen-bond acceptors (Lipinski definition) is 4. The van der Waals surface area contributed by atoms with Crippen LogP contribution in [-0.4, -0.2) is 55.0 Å². The van der Waals surface area contributed by atoms with Crippen molar-refractivity contribution >= 4 is 17.2 Å². The van der Waals surface area contributed by atoms with Gasteiger partial charge < -0.3 is 10.2 Å². The van der Waals surface area contributed by atoms with E-state index in [1.165, 1.54) is 10.4 Å². The average molecular weight is 400 g/mol. The van der Waals surface area contributed by atoms with Crippen molar-refractivity contribution in [2.24, 2.45) is 0 Å². The summed E-state index contributed by atoms with van der Waals surface area (Å²) < 4.78 is 0. The van der Waals surface area contributed by atoms with E-state index >= 15 is 0 Å². The van der Waals surface area contributed by atoms with Crippen LogP contribution in [-0.2, 0) is 11.2 Å². The molecule has 1 amide bonds. The third-order valence-corrected chi connectivity index (χ3v) is 6.57. The number of unbranched alkanes of at least 4 members (excludes halogenated alkanes) is 1. The van der Waals surface area contributed by atoms with Gasteiger partial charge in [0.05, 0.1) is 6.04 Å². The molecule has 1 fully saturated rings. The number of likely N-dealkylation sites (N-methyl/N-ethyl adjacent to an activating group) is 1. The molecule has 1 atom stereocenters. The molecule has 0 spiro atoms. The lowest BCUT2D eigenvalue weighted by Crippen LogP contribution is -2.49. The van der Waals surface area contributed by atoms with Crippen molar-refractivity contribution in [2.45, 2.75) is 38.6 Å². The Balaban J connectivity index is 1.46. The van der Waals surface area contributed by atoms with Gasteiger partial charge in [0.1, 0.15) is 0 Å². The molecule has 3 rings (SSSR count). The number of aryl methyl sites for hydroxylation is 1. The molecule has 28 heavy (non-hydrogen) atoms. The zero-order valence-corrected chi connectivity index (χ0v) is 17.8. The standard InChI is InChI=1S/C23H33N3OS/c1-2-25-14-16-26(17-15-25)22(20-9-4-3-5-10-20)19-24-23(27)13-7-6-11-21-12-8-18-28-21/h3-5,8-10,12,18,22H,2,6-7,11,13-17,19H2,1H3,(H,24,27). The second-order valence-corrected chi connectivity index (χ2v) is 8.52. The van der Waals surface area contributed by atoms with E-state index in [9.17, 15) is 4.79 Å². The topological polar surface area (TPSA) is 35.6 Å². The number of carbonyl (C=O) groups is 1. The first kappa shape index (κ1) is 21.0. The molecule has 1 aliphatic heterocycles. The highest BCUT2D eigenvalue weighted by Gasteiger charge is 2.24. The predicted octanol–water partition coefficient (Wildman–Crippen LogP) is 3.96. The molecule has 0 saturated carbocycles. The van der Waals surface area contributed by atoms with Gasteiger partial charge in [0, 0.05) is 44.0 Å². The third kappa shape index (κ3) is 6.43. The minimum atomic E-state index is 0.180. The van der Waals surface area contributed by atoms with Crippen LogP contribution in [0, 0.1) is 0 Å². The molecule has 0 radical (unpaired) electrons. The molecule has 0 bridgehead atoms. The number of nitrogens with zero attached hydrogens (tertiary/aromatic N) is 2. The minimum absolute atomic E-state index is 0.180. The van der Waals surface area contributed by atoms with Crippen LogP contribution in [0.15, 0.2) is 47.8 Å². The van der Waals surface area contributed by atoms with Crippen molar-refractivity contribution in [1.29, 1.82) is 0 Å². The van der Waals surface area contributed by atoms with E-state index in [-0.39, 0.29) is 11.9 Å². The fourth-order valence-corrected chi connectivity index (χ4v) is 4.61. The molecule has 1 N–H and O–H groups in total. The summed E-state index contributed by atoms with van der Waals surface area (Å²) in [4.78, 5) is 18.8. The predicted molar refractivity (Wildman–Crippen MR) is 118 cm³/mol. The van der Waals surface area contributed by atoms with E-state index < -0.39 is 0 Å². The van der Waals surface area contributed by atoms with Gasteiger partial charge in [-0.3, -0.25) is 9.69 Å². The van der Waals surface area contributed by atoms with E-state index in [4.69, 9.17) is 0 Å². The molecule has 4 nitrogen and oxygen atoms in total. The monoisotopic (exact) mass is 399 g/mol. The molecule has 1 aromatic heterocycles. The summed E-state index contributed by atoms with van der Waals surface area (Å²) in [5.41, 5.74) is 1.30. The van der Waals surface area contributed by atoms with E-state index in [1.807, 2.05) is 0 Å². The highest BCUT2D eigenvalue weighted by Crippen LogP contribution is 2.21. The number of hydrogen-bond donors (Lipinski definition) is 1. The maximum absolute atomic E-state index is 12.4. The Morgan fingerprint density at radius 2 is 1.86 bits per heavy atom. The number of rotatable bonds is 10. The van der Waals surface area contributed by atoms with Crippen LogP contribution in [0.4, 0.5) is 0 Å². The zero-order valence-electron chi connectivity index (χ0n) is 17.0. The number of nitrogens with one attached hydrogen (secondary N) is 1. The van der Waals surface area contributed by atoms with E-state index in [1.54, 1.807) is 11.3 Å². The lowest BCUT2D eigenvalue weighted by Gasteiger charge is -2.39. The van der Waals surface area contributed by atoms with Crippen molar-refractivity contribution in [3.8, 4) is 0 Å². The van der Waals surface area contributed by atoms with Crippen molar-refractivity contribution in [3.05, 3.63) is 58.3 Å². The molecule has 2 heterocycles. The normalized spacial score (nSPS) is 16.8. The van der Waals surface area contributed by atoms with Crippen LogP contribution in [0.3, 0.4) is 0 Å². The van der Waals surface area contributed by atoms with Gasteiger partial charge in [-0.15, -0.1) is 11.3 Å². The number of piperazine rings is 1. The molecule has 1 aromatic carbocycles. The second-order valence-electron chi connectivity index (χ2n) is 7.49. The zero-order chi connectivity index (χ0) is 19.6. The first-order chi connectivity index (χ1) is 13.8.